The maximum Gasteiger partial charge on any atom is 0.243 e. The fourth-order valence-electron chi connectivity index (χ4n) is 2.52. The zero-order valence-electron chi connectivity index (χ0n) is 13.1. The monoisotopic (exact) mass is 325 g/mol. The minimum absolute atomic E-state index is 0.104. The van der Waals surface area contributed by atoms with Crippen molar-refractivity contribution >= 4 is 15.9 Å². The van der Waals surface area contributed by atoms with Gasteiger partial charge in [-0.25, -0.2) is 8.42 Å². The SMILES string of the molecule is CCN(CC(=O)N1CCNCC1)S(=O)(=O)c1ccccc1C. The Morgan fingerprint density at radius 3 is 2.50 bits per heavy atom. The van der Waals surface area contributed by atoms with E-state index in [1.807, 2.05) is 0 Å². The summed E-state index contributed by atoms with van der Waals surface area (Å²) >= 11 is 0. The number of hydrogen-bond acceptors (Lipinski definition) is 4. The van der Waals surface area contributed by atoms with Gasteiger partial charge < -0.3 is 10.2 Å². The van der Waals surface area contributed by atoms with Crippen molar-refractivity contribution in [3.8, 4) is 0 Å². The number of nitrogens with one attached hydrogen (secondary N) is 1. The van der Waals surface area contributed by atoms with Gasteiger partial charge in [-0.2, -0.15) is 4.31 Å². The number of piperazine rings is 1. The van der Waals surface area contributed by atoms with Gasteiger partial charge in [0.25, 0.3) is 0 Å². The molecule has 0 radical (unpaired) electrons. The number of benzene rings is 1. The standard InChI is InChI=1S/C15H23N3O3S/c1-3-18(12-15(19)17-10-8-16-9-11-17)22(20,21)14-7-5-4-6-13(14)2/h4-7,16H,3,8-12H2,1-2H3. The van der Waals surface area contributed by atoms with E-state index in [2.05, 4.69) is 5.32 Å². The third-order valence-electron chi connectivity index (χ3n) is 3.85. The number of rotatable bonds is 5. The van der Waals surface area contributed by atoms with Crippen LogP contribution in [-0.4, -0.2) is 62.8 Å². The number of amides is 1. The predicted octanol–water partition coefficient (Wildman–Crippen LogP) is 0.437. The average Bonchev–Trinajstić information content (AvgIpc) is 2.53. The van der Waals surface area contributed by atoms with Crippen molar-refractivity contribution in [2.24, 2.45) is 0 Å². The van der Waals surface area contributed by atoms with Crippen molar-refractivity contribution < 1.29 is 13.2 Å². The van der Waals surface area contributed by atoms with E-state index in [1.54, 1.807) is 43.0 Å². The molecule has 0 unspecified atom stereocenters. The van der Waals surface area contributed by atoms with Gasteiger partial charge in [0.05, 0.1) is 11.4 Å². The molecule has 6 nitrogen and oxygen atoms in total. The second-order valence-electron chi connectivity index (χ2n) is 5.33. The van der Waals surface area contributed by atoms with Gasteiger partial charge in [-0.1, -0.05) is 25.1 Å². The zero-order valence-corrected chi connectivity index (χ0v) is 13.9. The van der Waals surface area contributed by atoms with Crippen LogP contribution in [0.3, 0.4) is 0 Å². The van der Waals surface area contributed by atoms with Crippen LogP contribution in [0.25, 0.3) is 0 Å². The lowest BCUT2D eigenvalue weighted by atomic mass is 10.2. The molecule has 1 aliphatic heterocycles. The van der Waals surface area contributed by atoms with Crippen LogP contribution in [0.1, 0.15) is 12.5 Å². The van der Waals surface area contributed by atoms with Crippen LogP contribution in [0.15, 0.2) is 29.2 Å². The lowest BCUT2D eigenvalue weighted by Gasteiger charge is -2.30. The molecule has 1 amide bonds. The molecule has 1 heterocycles. The number of nitrogens with zero attached hydrogens (tertiary/aromatic N) is 2. The van der Waals surface area contributed by atoms with Crippen molar-refractivity contribution in [2.75, 3.05) is 39.3 Å². The molecule has 1 saturated heterocycles. The Labute approximate surface area is 132 Å². The van der Waals surface area contributed by atoms with Crippen molar-refractivity contribution in [1.82, 2.24) is 14.5 Å². The fourth-order valence-corrected chi connectivity index (χ4v) is 4.14. The molecule has 7 heteroatoms. The zero-order chi connectivity index (χ0) is 16.2. The van der Waals surface area contributed by atoms with Gasteiger partial charge in [0.15, 0.2) is 0 Å². The van der Waals surface area contributed by atoms with Crippen LogP contribution in [-0.2, 0) is 14.8 Å². The fraction of sp³-hybridized carbons (Fsp3) is 0.533. The van der Waals surface area contributed by atoms with E-state index in [4.69, 9.17) is 0 Å². The Morgan fingerprint density at radius 2 is 1.91 bits per heavy atom. The summed E-state index contributed by atoms with van der Waals surface area (Å²) in [7, 11) is -3.65. The highest BCUT2D eigenvalue weighted by Crippen LogP contribution is 2.19. The van der Waals surface area contributed by atoms with E-state index in [-0.39, 0.29) is 23.9 Å². The summed E-state index contributed by atoms with van der Waals surface area (Å²) in [5, 5.41) is 3.17. The quantitative estimate of drug-likeness (QED) is 0.853. The minimum atomic E-state index is -3.65. The van der Waals surface area contributed by atoms with Crippen molar-refractivity contribution in [3.05, 3.63) is 29.8 Å². The lowest BCUT2D eigenvalue weighted by molar-refractivity contribution is -0.131. The molecule has 0 aliphatic carbocycles. The number of aryl methyl sites for hydroxylation is 1. The van der Waals surface area contributed by atoms with Crippen LogP contribution in [0.5, 0.6) is 0 Å². The molecular formula is C15H23N3O3S. The first-order valence-corrected chi connectivity index (χ1v) is 8.95. The maximum absolute atomic E-state index is 12.7. The van der Waals surface area contributed by atoms with Gasteiger partial charge in [0.2, 0.25) is 15.9 Å². The molecule has 0 saturated carbocycles. The molecule has 1 aromatic rings. The van der Waals surface area contributed by atoms with Crippen molar-refractivity contribution in [3.63, 3.8) is 0 Å². The van der Waals surface area contributed by atoms with Gasteiger partial charge in [-0.05, 0) is 18.6 Å². The Bertz CT molecular complexity index is 625. The molecule has 2 rings (SSSR count). The van der Waals surface area contributed by atoms with E-state index >= 15 is 0 Å². The first-order valence-electron chi connectivity index (χ1n) is 7.51. The summed E-state index contributed by atoms with van der Waals surface area (Å²) in [5.74, 6) is -0.138. The average molecular weight is 325 g/mol. The largest absolute Gasteiger partial charge is 0.339 e. The molecule has 1 aliphatic rings. The second-order valence-corrected chi connectivity index (χ2v) is 7.23. The molecule has 0 bridgehead atoms. The normalized spacial score (nSPS) is 16.0. The maximum atomic E-state index is 12.7. The van der Waals surface area contributed by atoms with E-state index < -0.39 is 10.0 Å². The molecule has 1 fully saturated rings. The third kappa shape index (κ3) is 3.66. The summed E-state index contributed by atoms with van der Waals surface area (Å²) < 4.78 is 26.7. The minimum Gasteiger partial charge on any atom is -0.339 e. The molecule has 0 aromatic heterocycles. The second kappa shape index (κ2) is 7.21. The summed E-state index contributed by atoms with van der Waals surface area (Å²) in [6, 6.07) is 6.85. The van der Waals surface area contributed by atoms with Crippen LogP contribution in [0.4, 0.5) is 0 Å². The highest BCUT2D eigenvalue weighted by Gasteiger charge is 2.28. The summed E-state index contributed by atoms with van der Waals surface area (Å²) in [4.78, 5) is 14.3. The topological polar surface area (TPSA) is 69.7 Å². The van der Waals surface area contributed by atoms with Crippen LogP contribution >= 0.6 is 0 Å². The van der Waals surface area contributed by atoms with Crippen molar-refractivity contribution in [2.45, 2.75) is 18.7 Å². The molecule has 1 aromatic carbocycles. The Hall–Kier alpha value is -1.44. The van der Waals surface area contributed by atoms with E-state index in [0.29, 0.717) is 18.7 Å². The number of sulfonamides is 1. The van der Waals surface area contributed by atoms with Gasteiger partial charge in [-0.3, -0.25) is 4.79 Å². The number of carbonyl (C=O) groups excluding carboxylic acids is 1. The Kier molecular flexibility index (Phi) is 5.55. The first-order chi connectivity index (χ1) is 10.5. The van der Waals surface area contributed by atoms with Crippen LogP contribution in [0.2, 0.25) is 0 Å². The van der Waals surface area contributed by atoms with Gasteiger partial charge in [0, 0.05) is 32.7 Å². The third-order valence-corrected chi connectivity index (χ3v) is 5.93. The lowest BCUT2D eigenvalue weighted by Crippen LogP contribution is -2.50. The smallest absolute Gasteiger partial charge is 0.243 e. The molecular weight excluding hydrogens is 302 g/mol. The van der Waals surface area contributed by atoms with Gasteiger partial charge in [-0.15, -0.1) is 0 Å². The summed E-state index contributed by atoms with van der Waals surface area (Å²) in [5.41, 5.74) is 0.690. The van der Waals surface area contributed by atoms with Crippen LogP contribution < -0.4 is 5.32 Å². The number of carbonyl (C=O) groups is 1. The van der Waals surface area contributed by atoms with E-state index in [0.717, 1.165) is 13.1 Å². The predicted molar refractivity (Wildman–Crippen MR) is 85.1 cm³/mol. The molecule has 22 heavy (non-hydrogen) atoms. The molecule has 0 atom stereocenters. The van der Waals surface area contributed by atoms with Gasteiger partial charge >= 0.3 is 0 Å². The Morgan fingerprint density at radius 1 is 1.27 bits per heavy atom. The van der Waals surface area contributed by atoms with E-state index in [1.165, 1.54) is 4.31 Å². The highest BCUT2D eigenvalue weighted by atomic mass is 32.2. The number of likely N-dealkylation sites (N-methyl/N-ethyl adjacent to an activating group) is 1. The molecule has 122 valence electrons. The summed E-state index contributed by atoms with van der Waals surface area (Å²) in [6.45, 7) is 6.44. The van der Waals surface area contributed by atoms with Crippen molar-refractivity contribution in [1.29, 1.82) is 0 Å². The molecule has 1 N–H and O–H groups in total. The van der Waals surface area contributed by atoms with Gasteiger partial charge in [0.1, 0.15) is 0 Å². The summed E-state index contributed by atoms with van der Waals surface area (Å²) in [6.07, 6.45) is 0. The first kappa shape index (κ1) is 16.9. The van der Waals surface area contributed by atoms with Crippen LogP contribution in [0, 0.1) is 6.92 Å². The number of hydrogen-bond donors (Lipinski definition) is 1. The van der Waals surface area contributed by atoms with E-state index in [9.17, 15) is 13.2 Å². The molecule has 0 spiro atoms. The highest BCUT2D eigenvalue weighted by molar-refractivity contribution is 7.89. The Balaban J connectivity index is 2.16.